The highest BCUT2D eigenvalue weighted by Gasteiger charge is 2.10. The van der Waals surface area contributed by atoms with Gasteiger partial charge in [0.05, 0.1) is 10.7 Å². The molecule has 0 aliphatic carbocycles. The zero-order valence-corrected chi connectivity index (χ0v) is 13.0. The molecule has 0 aliphatic heterocycles. The minimum atomic E-state index is 0.586. The molecule has 0 bridgehead atoms. The lowest BCUT2D eigenvalue weighted by atomic mass is 10.1. The van der Waals surface area contributed by atoms with Gasteiger partial charge in [0, 0.05) is 11.1 Å². The lowest BCUT2D eigenvalue weighted by molar-refractivity contribution is 1.12. The summed E-state index contributed by atoms with van der Waals surface area (Å²) in [5.41, 5.74) is 3.87. The Morgan fingerprint density at radius 2 is 1.67 bits per heavy atom. The van der Waals surface area contributed by atoms with E-state index in [-0.39, 0.29) is 0 Å². The highest BCUT2D eigenvalue weighted by molar-refractivity contribution is 7.71. The van der Waals surface area contributed by atoms with Crippen LogP contribution in [0.4, 0.5) is 0 Å². The number of aromatic amines is 1. The van der Waals surface area contributed by atoms with Crippen molar-refractivity contribution in [2.75, 3.05) is 0 Å². The minimum Gasteiger partial charge on any atom is -0.339 e. The molecule has 3 aromatic rings. The molecule has 0 aliphatic rings. The van der Waals surface area contributed by atoms with Crippen LogP contribution in [0.1, 0.15) is 5.56 Å². The molecule has 2 nitrogen and oxygen atoms in total. The van der Waals surface area contributed by atoms with E-state index in [1.165, 1.54) is 0 Å². The van der Waals surface area contributed by atoms with Gasteiger partial charge in [0.25, 0.3) is 0 Å². The average molecular weight is 313 g/mol. The van der Waals surface area contributed by atoms with Crippen LogP contribution in [0.5, 0.6) is 0 Å². The van der Waals surface area contributed by atoms with Gasteiger partial charge in [-0.2, -0.15) is 0 Å². The highest BCUT2D eigenvalue weighted by Crippen LogP contribution is 2.28. The van der Waals surface area contributed by atoms with Crippen LogP contribution in [-0.2, 0) is 0 Å². The maximum absolute atomic E-state index is 6.26. The maximum Gasteiger partial charge on any atom is 0.140 e. The monoisotopic (exact) mass is 312 g/mol. The van der Waals surface area contributed by atoms with E-state index in [0.29, 0.717) is 15.5 Å². The molecule has 0 spiro atoms. The lowest BCUT2D eigenvalue weighted by Crippen LogP contribution is -1.97. The van der Waals surface area contributed by atoms with Crippen LogP contribution in [0, 0.1) is 11.6 Å². The van der Waals surface area contributed by atoms with Gasteiger partial charge in [-0.05, 0) is 24.6 Å². The topological polar surface area (TPSA) is 28.7 Å². The molecule has 0 atom stereocenters. The largest absolute Gasteiger partial charge is 0.339 e. The van der Waals surface area contributed by atoms with Gasteiger partial charge in [-0.1, -0.05) is 66.3 Å². The number of aromatic nitrogens is 2. The third kappa shape index (κ3) is 2.75. The standard InChI is InChI=1S/C17H13ClN2S/c1-11-15(12-7-3-2-4-8-12)19-16(20-17(11)21)13-9-5-6-10-14(13)18/h2-10H,1H3,(H,19,20,21). The Balaban J connectivity index is 2.24. The van der Waals surface area contributed by atoms with Crippen molar-refractivity contribution in [1.29, 1.82) is 0 Å². The maximum atomic E-state index is 6.26. The van der Waals surface area contributed by atoms with Gasteiger partial charge >= 0.3 is 0 Å². The van der Waals surface area contributed by atoms with Gasteiger partial charge in [0.15, 0.2) is 0 Å². The summed E-state index contributed by atoms with van der Waals surface area (Å²) in [5, 5.41) is 0.651. The third-order valence-corrected chi connectivity index (χ3v) is 4.07. The number of nitrogens with zero attached hydrogens (tertiary/aromatic N) is 1. The fraction of sp³-hybridized carbons (Fsp3) is 0.0588. The first kappa shape index (κ1) is 14.0. The van der Waals surface area contributed by atoms with Gasteiger partial charge in [0.1, 0.15) is 10.5 Å². The molecule has 4 heteroatoms. The van der Waals surface area contributed by atoms with E-state index < -0.39 is 0 Å². The average Bonchev–Trinajstić information content (AvgIpc) is 2.51. The molecule has 104 valence electrons. The summed E-state index contributed by atoms with van der Waals surface area (Å²) < 4.78 is 0.586. The molecule has 0 saturated heterocycles. The molecular formula is C17H13ClN2S. The zero-order chi connectivity index (χ0) is 14.8. The van der Waals surface area contributed by atoms with E-state index in [1.807, 2.05) is 61.5 Å². The van der Waals surface area contributed by atoms with E-state index in [9.17, 15) is 0 Å². The third-order valence-electron chi connectivity index (χ3n) is 3.34. The van der Waals surface area contributed by atoms with Crippen LogP contribution in [0.25, 0.3) is 22.6 Å². The second-order valence-electron chi connectivity index (χ2n) is 4.74. The van der Waals surface area contributed by atoms with Gasteiger partial charge < -0.3 is 4.98 Å². The molecule has 0 radical (unpaired) electrons. The fourth-order valence-corrected chi connectivity index (χ4v) is 2.63. The van der Waals surface area contributed by atoms with Crippen LogP contribution < -0.4 is 0 Å². The van der Waals surface area contributed by atoms with Gasteiger partial charge in [-0.25, -0.2) is 4.98 Å². The van der Waals surface area contributed by atoms with Crippen molar-refractivity contribution >= 4 is 23.8 Å². The Kier molecular flexibility index (Phi) is 3.86. The quantitative estimate of drug-likeness (QED) is 0.639. The smallest absolute Gasteiger partial charge is 0.140 e. The van der Waals surface area contributed by atoms with Crippen molar-refractivity contribution in [2.24, 2.45) is 0 Å². The van der Waals surface area contributed by atoms with Crippen molar-refractivity contribution in [3.05, 3.63) is 69.8 Å². The number of rotatable bonds is 2. The number of halogens is 1. The number of benzene rings is 2. The normalized spacial score (nSPS) is 10.6. The molecule has 0 saturated carbocycles. The summed E-state index contributed by atoms with van der Waals surface area (Å²) in [5.74, 6) is 0.690. The van der Waals surface area contributed by atoms with Gasteiger partial charge in [-0.15, -0.1) is 0 Å². The predicted molar refractivity (Wildman–Crippen MR) is 90.0 cm³/mol. The van der Waals surface area contributed by atoms with Gasteiger partial charge in [0.2, 0.25) is 0 Å². The Labute approximate surface area is 133 Å². The van der Waals surface area contributed by atoms with Crippen molar-refractivity contribution in [3.63, 3.8) is 0 Å². The Bertz CT molecular complexity index is 841. The van der Waals surface area contributed by atoms with Crippen LogP contribution in [0.15, 0.2) is 54.6 Å². The van der Waals surface area contributed by atoms with Crippen molar-refractivity contribution in [2.45, 2.75) is 6.92 Å². The molecule has 0 amide bonds. The van der Waals surface area contributed by atoms with E-state index in [1.54, 1.807) is 0 Å². The van der Waals surface area contributed by atoms with Gasteiger partial charge in [-0.3, -0.25) is 0 Å². The predicted octanol–water partition coefficient (Wildman–Crippen LogP) is 5.44. The first-order valence-corrected chi connectivity index (χ1v) is 7.36. The first-order valence-electron chi connectivity index (χ1n) is 6.58. The molecular weight excluding hydrogens is 300 g/mol. The SMILES string of the molecule is Cc1c(-c2ccccc2)[nH]c(-c2ccccc2Cl)nc1=S. The minimum absolute atomic E-state index is 0.586. The summed E-state index contributed by atoms with van der Waals surface area (Å²) in [7, 11) is 0. The van der Waals surface area contributed by atoms with Crippen molar-refractivity contribution in [3.8, 4) is 22.6 Å². The van der Waals surface area contributed by atoms with E-state index in [4.69, 9.17) is 23.8 Å². The molecule has 2 aromatic carbocycles. The summed E-state index contributed by atoms with van der Waals surface area (Å²) in [6.07, 6.45) is 0. The van der Waals surface area contributed by atoms with E-state index in [0.717, 1.165) is 22.4 Å². The number of nitrogens with one attached hydrogen (secondary N) is 1. The van der Waals surface area contributed by atoms with E-state index in [2.05, 4.69) is 9.97 Å². The zero-order valence-electron chi connectivity index (χ0n) is 11.4. The molecule has 0 fully saturated rings. The number of hydrogen-bond donors (Lipinski definition) is 1. The fourth-order valence-electron chi connectivity index (χ4n) is 2.21. The Morgan fingerprint density at radius 1 is 1.00 bits per heavy atom. The highest BCUT2D eigenvalue weighted by atomic mass is 35.5. The second kappa shape index (κ2) is 5.80. The molecule has 21 heavy (non-hydrogen) atoms. The molecule has 1 aromatic heterocycles. The Morgan fingerprint density at radius 3 is 2.38 bits per heavy atom. The number of hydrogen-bond acceptors (Lipinski definition) is 2. The summed E-state index contributed by atoms with van der Waals surface area (Å²) >= 11 is 11.7. The molecule has 3 rings (SSSR count). The summed E-state index contributed by atoms with van der Waals surface area (Å²) in [4.78, 5) is 7.83. The lowest BCUT2D eigenvalue weighted by Gasteiger charge is -2.10. The summed E-state index contributed by atoms with van der Waals surface area (Å²) in [6, 6.07) is 17.7. The number of H-pyrrole nitrogens is 1. The van der Waals surface area contributed by atoms with Crippen LogP contribution in [0.2, 0.25) is 5.02 Å². The van der Waals surface area contributed by atoms with Crippen LogP contribution in [0.3, 0.4) is 0 Å². The summed E-state index contributed by atoms with van der Waals surface area (Å²) in [6.45, 7) is 1.98. The first-order chi connectivity index (χ1) is 10.2. The molecule has 0 unspecified atom stereocenters. The van der Waals surface area contributed by atoms with Crippen LogP contribution >= 0.6 is 23.8 Å². The molecule has 1 N–H and O–H groups in total. The van der Waals surface area contributed by atoms with Crippen molar-refractivity contribution < 1.29 is 0 Å². The Hall–Kier alpha value is -1.97. The van der Waals surface area contributed by atoms with Crippen molar-refractivity contribution in [1.82, 2.24) is 9.97 Å². The molecule has 1 heterocycles. The van der Waals surface area contributed by atoms with Crippen LogP contribution in [-0.4, -0.2) is 9.97 Å². The van der Waals surface area contributed by atoms with E-state index >= 15 is 0 Å². The second-order valence-corrected chi connectivity index (χ2v) is 5.53.